The topological polar surface area (TPSA) is 96.9 Å². The van der Waals surface area contributed by atoms with E-state index in [1.165, 1.54) is 12.1 Å². The van der Waals surface area contributed by atoms with Gasteiger partial charge in [0, 0.05) is 11.8 Å². The summed E-state index contributed by atoms with van der Waals surface area (Å²) in [5.41, 5.74) is -0.899. The Bertz CT molecular complexity index is 611. The molecule has 0 fully saturated rings. The van der Waals surface area contributed by atoms with Crippen molar-refractivity contribution in [2.24, 2.45) is 0 Å². The van der Waals surface area contributed by atoms with Crippen LogP contribution in [0.4, 0.5) is 14.5 Å². The van der Waals surface area contributed by atoms with Crippen LogP contribution in [0.25, 0.3) is 0 Å². The van der Waals surface area contributed by atoms with E-state index in [1.54, 1.807) is 0 Å². The van der Waals surface area contributed by atoms with Crippen LogP contribution in [0.3, 0.4) is 0 Å². The number of halogens is 2. The van der Waals surface area contributed by atoms with Crippen LogP contribution in [0.15, 0.2) is 23.9 Å². The van der Waals surface area contributed by atoms with E-state index in [9.17, 15) is 13.6 Å². The average molecular weight is 263 g/mol. The number of aliphatic carboxylic acids is 1. The fourth-order valence-corrected chi connectivity index (χ4v) is 1.24. The van der Waals surface area contributed by atoms with Crippen molar-refractivity contribution in [3.63, 3.8) is 0 Å². The first-order chi connectivity index (χ1) is 8.99. The van der Waals surface area contributed by atoms with Gasteiger partial charge >= 0.3 is 5.97 Å². The van der Waals surface area contributed by atoms with Gasteiger partial charge in [-0.05, 0) is 6.07 Å². The first-order valence-electron chi connectivity index (χ1n) is 4.95. The number of carbonyl (C=O) groups is 1. The SMILES string of the molecule is N#CC(C#N)=CNc1ccc(CC(=O)O)c(F)c1F. The van der Waals surface area contributed by atoms with E-state index in [0.717, 1.165) is 18.3 Å². The van der Waals surface area contributed by atoms with Gasteiger partial charge in [-0.3, -0.25) is 4.79 Å². The molecule has 0 amide bonds. The van der Waals surface area contributed by atoms with Crippen molar-refractivity contribution in [1.82, 2.24) is 0 Å². The largest absolute Gasteiger partial charge is 0.481 e. The lowest BCUT2D eigenvalue weighted by molar-refractivity contribution is -0.136. The van der Waals surface area contributed by atoms with Crippen molar-refractivity contribution < 1.29 is 18.7 Å². The predicted molar refractivity (Wildman–Crippen MR) is 60.6 cm³/mol. The molecule has 0 atom stereocenters. The number of nitriles is 2. The highest BCUT2D eigenvalue weighted by atomic mass is 19.2. The van der Waals surface area contributed by atoms with Crippen LogP contribution in [0.1, 0.15) is 5.56 Å². The molecule has 1 aromatic rings. The summed E-state index contributed by atoms with van der Waals surface area (Å²) < 4.78 is 27.0. The molecule has 1 rings (SSSR count). The number of rotatable bonds is 4. The Hall–Kier alpha value is -2.93. The van der Waals surface area contributed by atoms with Gasteiger partial charge in [-0.2, -0.15) is 10.5 Å². The lowest BCUT2D eigenvalue weighted by Gasteiger charge is -2.06. The summed E-state index contributed by atoms with van der Waals surface area (Å²) >= 11 is 0. The third kappa shape index (κ3) is 3.51. The van der Waals surface area contributed by atoms with Crippen molar-refractivity contribution in [1.29, 1.82) is 10.5 Å². The number of nitrogens with zero attached hydrogens (tertiary/aromatic N) is 2. The Balaban J connectivity index is 3.04. The second-order valence-corrected chi connectivity index (χ2v) is 3.40. The van der Waals surface area contributed by atoms with Gasteiger partial charge in [0.25, 0.3) is 0 Å². The number of anilines is 1. The van der Waals surface area contributed by atoms with Crippen molar-refractivity contribution in [2.75, 3.05) is 5.32 Å². The summed E-state index contributed by atoms with van der Waals surface area (Å²) in [6, 6.07) is 5.31. The van der Waals surface area contributed by atoms with E-state index >= 15 is 0 Å². The second kappa shape index (κ2) is 6.12. The molecule has 0 heterocycles. The van der Waals surface area contributed by atoms with E-state index in [2.05, 4.69) is 5.32 Å². The molecule has 0 saturated carbocycles. The van der Waals surface area contributed by atoms with Gasteiger partial charge in [0.2, 0.25) is 0 Å². The number of allylic oxidation sites excluding steroid dienone is 1. The third-order valence-corrected chi connectivity index (χ3v) is 2.12. The minimum Gasteiger partial charge on any atom is -0.481 e. The minimum atomic E-state index is -1.28. The van der Waals surface area contributed by atoms with Crippen molar-refractivity contribution in [3.8, 4) is 12.1 Å². The van der Waals surface area contributed by atoms with Gasteiger partial charge in [-0.25, -0.2) is 8.78 Å². The highest BCUT2D eigenvalue weighted by Gasteiger charge is 2.14. The van der Waals surface area contributed by atoms with Gasteiger partial charge in [-0.15, -0.1) is 0 Å². The first kappa shape index (κ1) is 14.1. The summed E-state index contributed by atoms with van der Waals surface area (Å²) in [5.74, 6) is -3.84. The van der Waals surface area contributed by atoms with Crippen LogP contribution < -0.4 is 5.32 Å². The highest BCUT2D eigenvalue weighted by Crippen LogP contribution is 2.21. The monoisotopic (exact) mass is 263 g/mol. The normalized spacial score (nSPS) is 9.05. The summed E-state index contributed by atoms with van der Waals surface area (Å²) in [4.78, 5) is 10.4. The molecule has 0 radical (unpaired) electrons. The number of carboxylic acids is 1. The van der Waals surface area contributed by atoms with E-state index in [4.69, 9.17) is 15.6 Å². The van der Waals surface area contributed by atoms with Crippen molar-refractivity contribution >= 4 is 11.7 Å². The molecular weight excluding hydrogens is 256 g/mol. The van der Waals surface area contributed by atoms with E-state index in [1.807, 2.05) is 0 Å². The summed E-state index contributed by atoms with van der Waals surface area (Å²) in [6.07, 6.45) is 0.287. The Labute approximate surface area is 107 Å². The molecule has 0 bridgehead atoms. The maximum absolute atomic E-state index is 13.5. The van der Waals surface area contributed by atoms with Gasteiger partial charge in [0.05, 0.1) is 12.1 Å². The third-order valence-electron chi connectivity index (χ3n) is 2.12. The summed E-state index contributed by atoms with van der Waals surface area (Å²) in [6.45, 7) is 0. The number of benzene rings is 1. The number of carboxylic acid groups (broad SMARTS) is 1. The molecule has 0 aromatic heterocycles. The number of hydrogen-bond donors (Lipinski definition) is 2. The fourth-order valence-electron chi connectivity index (χ4n) is 1.24. The molecule has 96 valence electrons. The Kier molecular flexibility index (Phi) is 4.56. The summed E-state index contributed by atoms with van der Waals surface area (Å²) in [7, 11) is 0. The van der Waals surface area contributed by atoms with Gasteiger partial charge in [-0.1, -0.05) is 6.07 Å². The fraction of sp³-hybridized carbons (Fsp3) is 0.0833. The molecule has 19 heavy (non-hydrogen) atoms. The summed E-state index contributed by atoms with van der Waals surface area (Å²) in [5, 5.41) is 27.7. The Morgan fingerprint density at radius 3 is 2.47 bits per heavy atom. The lowest BCUT2D eigenvalue weighted by atomic mass is 10.1. The van der Waals surface area contributed by atoms with Gasteiger partial charge < -0.3 is 10.4 Å². The molecular formula is C12H7F2N3O2. The molecule has 1 aromatic carbocycles. The van der Waals surface area contributed by atoms with Crippen molar-refractivity contribution in [2.45, 2.75) is 6.42 Å². The predicted octanol–water partition coefficient (Wildman–Crippen LogP) is 1.93. The van der Waals surface area contributed by atoms with E-state index in [0.29, 0.717) is 0 Å². The van der Waals surface area contributed by atoms with Crippen LogP contribution in [-0.2, 0) is 11.2 Å². The molecule has 7 heteroatoms. The van der Waals surface area contributed by atoms with Crippen LogP contribution >= 0.6 is 0 Å². The zero-order valence-corrected chi connectivity index (χ0v) is 9.44. The number of nitrogens with one attached hydrogen (secondary N) is 1. The Morgan fingerprint density at radius 1 is 1.32 bits per heavy atom. The maximum Gasteiger partial charge on any atom is 0.307 e. The van der Waals surface area contributed by atoms with Crippen LogP contribution in [0.2, 0.25) is 0 Å². The molecule has 0 aliphatic carbocycles. The smallest absolute Gasteiger partial charge is 0.307 e. The molecule has 0 saturated heterocycles. The molecule has 0 spiro atoms. The zero-order chi connectivity index (χ0) is 14.4. The molecule has 0 aliphatic rings. The van der Waals surface area contributed by atoms with Crippen LogP contribution in [0, 0.1) is 34.3 Å². The average Bonchev–Trinajstić information content (AvgIpc) is 2.38. The molecule has 5 nitrogen and oxygen atoms in total. The maximum atomic E-state index is 13.5. The molecule has 0 unspecified atom stereocenters. The van der Waals surface area contributed by atoms with Crippen molar-refractivity contribution in [3.05, 3.63) is 41.1 Å². The quantitative estimate of drug-likeness (QED) is 0.809. The number of hydrogen-bond acceptors (Lipinski definition) is 4. The first-order valence-corrected chi connectivity index (χ1v) is 4.95. The standard InChI is InChI=1S/C12H7F2N3O2/c13-11-8(3-10(18)19)1-2-9(12(11)14)17-6-7(4-15)5-16/h1-2,6,17H,3H2,(H,18,19). The molecule has 0 aliphatic heterocycles. The van der Waals surface area contributed by atoms with Crippen LogP contribution in [-0.4, -0.2) is 11.1 Å². The Morgan fingerprint density at radius 2 is 1.95 bits per heavy atom. The van der Waals surface area contributed by atoms with Gasteiger partial charge in [0.1, 0.15) is 17.7 Å². The van der Waals surface area contributed by atoms with E-state index < -0.39 is 24.0 Å². The zero-order valence-electron chi connectivity index (χ0n) is 9.44. The minimum absolute atomic E-state index is 0.291. The lowest BCUT2D eigenvalue weighted by Crippen LogP contribution is -2.05. The van der Waals surface area contributed by atoms with Gasteiger partial charge in [0.15, 0.2) is 11.6 Å². The van der Waals surface area contributed by atoms with E-state index in [-0.39, 0.29) is 16.8 Å². The highest BCUT2D eigenvalue weighted by molar-refractivity contribution is 5.70. The second-order valence-electron chi connectivity index (χ2n) is 3.40. The molecule has 2 N–H and O–H groups in total. The van der Waals surface area contributed by atoms with Crippen LogP contribution in [0.5, 0.6) is 0 Å².